The standard InChI is InChI=1S/C30H36O9S/c1-5-7-16-35-24-25(26(28(32)34-4)38-29(40-6-2)27(24)37-18(3)31)39-30(33)36-17-23-21-14-10-8-12-19(21)20-13-9-11-15-22(20)23/h8-15,23-27,29H,5-7,16-17H2,1-4H3/t24-,25-,26?,27?,29-/m0/s1. The number of benzene rings is 2. The van der Waals surface area contributed by atoms with Crippen LogP contribution in [0.4, 0.5) is 4.79 Å². The smallest absolute Gasteiger partial charge is 0.467 e. The van der Waals surface area contributed by atoms with Gasteiger partial charge in [-0.05, 0) is 34.4 Å². The van der Waals surface area contributed by atoms with Crippen LogP contribution in [0.2, 0.25) is 0 Å². The highest BCUT2D eigenvalue weighted by Gasteiger charge is 2.54. The van der Waals surface area contributed by atoms with Crippen molar-refractivity contribution < 1.29 is 42.8 Å². The van der Waals surface area contributed by atoms with Crippen LogP contribution in [0.15, 0.2) is 48.5 Å². The van der Waals surface area contributed by atoms with Gasteiger partial charge in [0.2, 0.25) is 0 Å². The highest BCUT2D eigenvalue weighted by Crippen LogP contribution is 2.44. The molecule has 2 aromatic carbocycles. The van der Waals surface area contributed by atoms with Gasteiger partial charge in [-0.3, -0.25) is 4.79 Å². The molecule has 5 atom stereocenters. The van der Waals surface area contributed by atoms with Gasteiger partial charge in [0, 0.05) is 19.4 Å². The second-order valence-electron chi connectivity index (χ2n) is 9.54. The van der Waals surface area contributed by atoms with E-state index in [4.69, 9.17) is 28.4 Å². The Hall–Kier alpha value is -3.08. The summed E-state index contributed by atoms with van der Waals surface area (Å²) in [5.74, 6) is -0.829. The minimum Gasteiger partial charge on any atom is -0.467 e. The number of hydrogen-bond donors (Lipinski definition) is 0. The Balaban J connectivity index is 1.56. The lowest BCUT2D eigenvalue weighted by molar-refractivity contribution is -0.232. The van der Waals surface area contributed by atoms with E-state index in [-0.39, 0.29) is 12.5 Å². The Morgan fingerprint density at radius 3 is 2.12 bits per heavy atom. The molecule has 0 N–H and O–H groups in total. The number of methoxy groups -OCH3 is 1. The van der Waals surface area contributed by atoms with Gasteiger partial charge in [0.1, 0.15) is 18.1 Å². The summed E-state index contributed by atoms with van der Waals surface area (Å²) >= 11 is 1.35. The van der Waals surface area contributed by atoms with Crippen molar-refractivity contribution >= 4 is 29.9 Å². The van der Waals surface area contributed by atoms with Crippen LogP contribution in [0.1, 0.15) is 50.7 Å². The van der Waals surface area contributed by atoms with Gasteiger partial charge in [0.25, 0.3) is 0 Å². The summed E-state index contributed by atoms with van der Waals surface area (Å²) in [4.78, 5) is 38.0. The summed E-state index contributed by atoms with van der Waals surface area (Å²) in [6.45, 7) is 5.55. The molecule has 0 spiro atoms. The van der Waals surface area contributed by atoms with Crippen molar-refractivity contribution in [2.75, 3.05) is 26.1 Å². The first-order valence-corrected chi connectivity index (χ1v) is 14.6. The molecule has 1 heterocycles. The van der Waals surface area contributed by atoms with E-state index in [9.17, 15) is 14.4 Å². The average Bonchev–Trinajstić information content (AvgIpc) is 3.27. The van der Waals surface area contributed by atoms with Gasteiger partial charge in [-0.2, -0.15) is 0 Å². The molecule has 9 nitrogen and oxygen atoms in total. The number of fused-ring (bicyclic) bond motifs is 3. The van der Waals surface area contributed by atoms with E-state index < -0.39 is 47.9 Å². The number of unbranched alkanes of at least 4 members (excludes halogenated alkanes) is 1. The van der Waals surface area contributed by atoms with Crippen LogP contribution in [0, 0.1) is 0 Å². The van der Waals surface area contributed by atoms with Gasteiger partial charge in [-0.15, -0.1) is 11.8 Å². The maximum absolute atomic E-state index is 13.1. The van der Waals surface area contributed by atoms with Gasteiger partial charge in [0.15, 0.2) is 18.3 Å². The monoisotopic (exact) mass is 572 g/mol. The van der Waals surface area contributed by atoms with E-state index >= 15 is 0 Å². The second kappa shape index (κ2) is 14.0. The van der Waals surface area contributed by atoms with Crippen molar-refractivity contribution in [2.24, 2.45) is 0 Å². The zero-order valence-corrected chi connectivity index (χ0v) is 24.0. The largest absolute Gasteiger partial charge is 0.508 e. The molecule has 1 saturated heterocycles. The van der Waals surface area contributed by atoms with Crippen LogP contribution in [0.3, 0.4) is 0 Å². The molecule has 0 amide bonds. The number of esters is 2. The molecule has 0 bridgehead atoms. The molecule has 2 aromatic rings. The van der Waals surface area contributed by atoms with Crippen LogP contribution >= 0.6 is 11.8 Å². The minimum absolute atomic E-state index is 0.0341. The molecule has 0 aromatic heterocycles. The molecule has 1 aliphatic carbocycles. The molecule has 0 radical (unpaired) electrons. The molecule has 2 aliphatic rings. The number of hydrogen-bond acceptors (Lipinski definition) is 10. The number of ether oxygens (including phenoxy) is 6. The lowest BCUT2D eigenvalue weighted by atomic mass is 9.98. The third-order valence-electron chi connectivity index (χ3n) is 6.93. The van der Waals surface area contributed by atoms with E-state index in [1.807, 2.05) is 62.4 Å². The highest BCUT2D eigenvalue weighted by atomic mass is 32.2. The van der Waals surface area contributed by atoms with Crippen LogP contribution in [-0.4, -0.2) is 74.0 Å². The quantitative estimate of drug-likeness (QED) is 0.205. The maximum atomic E-state index is 13.1. The Morgan fingerprint density at radius 2 is 1.55 bits per heavy atom. The van der Waals surface area contributed by atoms with Gasteiger partial charge in [0.05, 0.1) is 7.11 Å². The molecule has 2 unspecified atom stereocenters. The molecule has 4 rings (SSSR count). The Kier molecular flexibility index (Phi) is 10.5. The van der Waals surface area contributed by atoms with Crippen molar-refractivity contribution in [3.8, 4) is 11.1 Å². The summed E-state index contributed by atoms with van der Waals surface area (Å²) in [6, 6.07) is 16.0. The topological polar surface area (TPSA) is 107 Å². The predicted molar refractivity (Wildman–Crippen MR) is 149 cm³/mol. The van der Waals surface area contributed by atoms with Crippen molar-refractivity contribution in [2.45, 2.75) is 69.4 Å². The summed E-state index contributed by atoms with van der Waals surface area (Å²) < 4.78 is 34.1. The van der Waals surface area contributed by atoms with Crippen molar-refractivity contribution in [1.29, 1.82) is 0 Å². The highest BCUT2D eigenvalue weighted by molar-refractivity contribution is 7.99. The molecular formula is C30H36O9S. The summed E-state index contributed by atoms with van der Waals surface area (Å²) in [6.07, 6.45) is -3.88. The zero-order valence-electron chi connectivity index (χ0n) is 23.2. The summed E-state index contributed by atoms with van der Waals surface area (Å²) in [5.41, 5.74) is 3.58. The van der Waals surface area contributed by atoms with E-state index in [0.717, 1.165) is 35.1 Å². The number of thioether (sulfide) groups is 1. The fraction of sp³-hybridized carbons (Fsp3) is 0.500. The van der Waals surface area contributed by atoms with E-state index in [0.29, 0.717) is 12.4 Å². The number of rotatable bonds is 11. The van der Waals surface area contributed by atoms with Crippen LogP contribution in [0.25, 0.3) is 11.1 Å². The van der Waals surface area contributed by atoms with E-state index in [1.54, 1.807) is 0 Å². The fourth-order valence-corrected chi connectivity index (χ4v) is 6.08. The first-order valence-electron chi connectivity index (χ1n) is 13.5. The van der Waals surface area contributed by atoms with Crippen molar-refractivity contribution in [3.05, 3.63) is 59.7 Å². The lowest BCUT2D eigenvalue weighted by Crippen LogP contribution is -2.62. The Labute approximate surface area is 238 Å². The van der Waals surface area contributed by atoms with Crippen LogP contribution in [0.5, 0.6) is 0 Å². The van der Waals surface area contributed by atoms with E-state index in [2.05, 4.69) is 0 Å². The van der Waals surface area contributed by atoms with Gasteiger partial charge < -0.3 is 28.4 Å². The summed E-state index contributed by atoms with van der Waals surface area (Å²) in [5, 5.41) is 0. The number of carbonyl (C=O) groups is 3. The molecule has 1 fully saturated rings. The Morgan fingerprint density at radius 1 is 0.900 bits per heavy atom. The molecule has 1 aliphatic heterocycles. The first-order chi connectivity index (χ1) is 19.4. The fourth-order valence-electron chi connectivity index (χ4n) is 5.15. The Bertz CT molecular complexity index is 1140. The molecule has 0 saturated carbocycles. The SMILES string of the molecule is CCCCO[C@@H]1C(OC(C)=O)[C@H](SCC)OC(C(=O)OC)[C@H]1OC(=O)OCC1c2ccccc2-c2ccccc21. The average molecular weight is 573 g/mol. The van der Waals surface area contributed by atoms with Gasteiger partial charge in [-0.1, -0.05) is 68.8 Å². The minimum atomic E-state index is -1.30. The maximum Gasteiger partial charge on any atom is 0.508 e. The summed E-state index contributed by atoms with van der Waals surface area (Å²) in [7, 11) is 1.23. The van der Waals surface area contributed by atoms with Crippen LogP contribution in [-0.2, 0) is 38.0 Å². The van der Waals surface area contributed by atoms with Crippen molar-refractivity contribution in [1.82, 2.24) is 0 Å². The first kappa shape index (κ1) is 29.9. The molecule has 40 heavy (non-hydrogen) atoms. The third-order valence-corrected chi connectivity index (χ3v) is 7.97. The van der Waals surface area contributed by atoms with Gasteiger partial charge >= 0.3 is 18.1 Å². The third kappa shape index (κ3) is 6.62. The van der Waals surface area contributed by atoms with E-state index in [1.165, 1.54) is 25.8 Å². The van der Waals surface area contributed by atoms with Gasteiger partial charge in [-0.25, -0.2) is 9.59 Å². The lowest BCUT2D eigenvalue weighted by Gasteiger charge is -2.43. The predicted octanol–water partition coefficient (Wildman–Crippen LogP) is 5.09. The number of carbonyl (C=O) groups excluding carboxylic acids is 3. The van der Waals surface area contributed by atoms with Crippen molar-refractivity contribution in [3.63, 3.8) is 0 Å². The normalized spacial score (nSPS) is 23.6. The van der Waals surface area contributed by atoms with Crippen LogP contribution < -0.4 is 0 Å². The molecular weight excluding hydrogens is 536 g/mol. The second-order valence-corrected chi connectivity index (χ2v) is 10.9. The molecule has 216 valence electrons. The zero-order chi connectivity index (χ0) is 28.6. The molecule has 10 heteroatoms.